The van der Waals surface area contributed by atoms with Crippen LogP contribution in [0.15, 0.2) is 4.42 Å². The van der Waals surface area contributed by atoms with Gasteiger partial charge >= 0.3 is 6.01 Å². The van der Waals surface area contributed by atoms with Crippen molar-refractivity contribution >= 4 is 11.9 Å². The molecule has 4 aliphatic heterocycles. The maximum atomic E-state index is 12.4. The molecule has 1 N–H and O–H groups in total. The Balaban J connectivity index is 1.14. The Kier molecular flexibility index (Phi) is 3.37. The van der Waals surface area contributed by atoms with Crippen LogP contribution in [0.5, 0.6) is 0 Å². The zero-order valence-electron chi connectivity index (χ0n) is 14.5. The van der Waals surface area contributed by atoms with E-state index in [2.05, 4.69) is 20.4 Å². The molecule has 4 saturated heterocycles. The highest BCUT2D eigenvalue weighted by atomic mass is 16.5. The van der Waals surface area contributed by atoms with E-state index in [1.54, 1.807) is 6.92 Å². The van der Waals surface area contributed by atoms with Gasteiger partial charge in [0.2, 0.25) is 5.89 Å². The normalized spacial score (nSPS) is 35.3. The number of carbonyl (C=O) groups excluding carboxylic acids is 1. The second-order valence-electron chi connectivity index (χ2n) is 8.06. The molecule has 0 radical (unpaired) electrons. The number of ether oxygens (including phenoxy) is 2. The molecule has 5 aliphatic rings. The molecule has 0 aromatic carbocycles. The molecule has 1 spiro atoms. The average molecular weight is 348 g/mol. The van der Waals surface area contributed by atoms with Crippen LogP contribution < -0.4 is 10.2 Å². The van der Waals surface area contributed by atoms with Crippen LogP contribution in [0.1, 0.15) is 38.0 Å². The van der Waals surface area contributed by atoms with E-state index in [1.807, 2.05) is 0 Å². The van der Waals surface area contributed by atoms with E-state index in [4.69, 9.17) is 13.9 Å². The van der Waals surface area contributed by atoms with Gasteiger partial charge < -0.3 is 24.1 Å². The number of aryl methyl sites for hydroxylation is 1. The first-order valence-electron chi connectivity index (χ1n) is 9.21. The van der Waals surface area contributed by atoms with Gasteiger partial charge in [0, 0.05) is 13.5 Å². The first-order valence-corrected chi connectivity index (χ1v) is 9.21. The zero-order valence-corrected chi connectivity index (χ0v) is 14.5. The molecule has 1 unspecified atom stereocenters. The molecule has 136 valence electrons. The Morgan fingerprint density at radius 2 is 2.20 bits per heavy atom. The predicted molar refractivity (Wildman–Crippen MR) is 87.1 cm³/mol. The number of hydrogen-bond acceptors (Lipinski definition) is 7. The number of fused-ring (bicyclic) bond motifs is 1. The van der Waals surface area contributed by atoms with Crippen molar-refractivity contribution in [2.75, 3.05) is 31.1 Å². The summed E-state index contributed by atoms with van der Waals surface area (Å²) in [7, 11) is 0. The van der Waals surface area contributed by atoms with Crippen LogP contribution in [0.3, 0.4) is 0 Å². The largest absolute Gasteiger partial charge is 0.408 e. The summed E-state index contributed by atoms with van der Waals surface area (Å²) < 4.78 is 17.5. The monoisotopic (exact) mass is 348 g/mol. The highest BCUT2D eigenvalue weighted by Crippen LogP contribution is 2.48. The van der Waals surface area contributed by atoms with E-state index >= 15 is 0 Å². The van der Waals surface area contributed by atoms with Gasteiger partial charge in [-0.15, -0.1) is 5.10 Å². The maximum Gasteiger partial charge on any atom is 0.318 e. The van der Waals surface area contributed by atoms with E-state index in [0.717, 1.165) is 51.8 Å². The van der Waals surface area contributed by atoms with E-state index in [9.17, 15) is 4.79 Å². The summed E-state index contributed by atoms with van der Waals surface area (Å²) in [6, 6.07) is 0.569. The summed E-state index contributed by atoms with van der Waals surface area (Å²) >= 11 is 0. The van der Waals surface area contributed by atoms with E-state index in [-0.39, 0.29) is 17.6 Å². The average Bonchev–Trinajstić information content (AvgIpc) is 3.25. The number of carbonyl (C=O) groups is 1. The lowest BCUT2D eigenvalue weighted by Crippen LogP contribution is -2.66. The fourth-order valence-electron chi connectivity index (χ4n) is 4.70. The second-order valence-corrected chi connectivity index (χ2v) is 8.06. The molecule has 2 bridgehead atoms. The molecule has 1 atom stereocenters. The van der Waals surface area contributed by atoms with E-state index in [0.29, 0.717) is 24.4 Å². The maximum absolute atomic E-state index is 12.4. The van der Waals surface area contributed by atoms with Gasteiger partial charge in [-0.25, -0.2) is 0 Å². The lowest BCUT2D eigenvalue weighted by molar-refractivity contribution is -0.152. The number of nitrogens with zero attached hydrogens (tertiary/aromatic N) is 3. The van der Waals surface area contributed by atoms with Crippen LogP contribution in [-0.4, -0.2) is 59.7 Å². The van der Waals surface area contributed by atoms with Crippen molar-refractivity contribution in [3.63, 3.8) is 0 Å². The van der Waals surface area contributed by atoms with Crippen LogP contribution in [0.2, 0.25) is 0 Å². The Hall–Kier alpha value is -1.67. The number of hydrogen-bond donors (Lipinski definition) is 1. The number of aromatic nitrogens is 2. The molecular formula is C17H24N4O4. The van der Waals surface area contributed by atoms with Crippen molar-refractivity contribution in [1.29, 1.82) is 0 Å². The molecule has 6 rings (SSSR count). The number of nitrogens with one attached hydrogen (secondary N) is 1. The quantitative estimate of drug-likeness (QED) is 0.861. The minimum absolute atomic E-state index is 0.0426. The topological polar surface area (TPSA) is 89.7 Å². The van der Waals surface area contributed by atoms with Crippen LogP contribution >= 0.6 is 0 Å². The molecule has 1 saturated carbocycles. The molecule has 8 heteroatoms. The highest BCUT2D eigenvalue weighted by molar-refractivity contribution is 5.87. The Bertz CT molecular complexity index is 672. The van der Waals surface area contributed by atoms with Gasteiger partial charge in [0.25, 0.3) is 5.91 Å². The molecule has 1 aromatic rings. The van der Waals surface area contributed by atoms with Crippen molar-refractivity contribution in [3.8, 4) is 0 Å². The van der Waals surface area contributed by atoms with Crippen molar-refractivity contribution in [1.82, 2.24) is 15.5 Å². The lowest BCUT2D eigenvalue weighted by Gasteiger charge is -2.52. The molecule has 25 heavy (non-hydrogen) atoms. The van der Waals surface area contributed by atoms with Gasteiger partial charge in [-0.3, -0.25) is 4.79 Å². The van der Waals surface area contributed by atoms with Crippen molar-refractivity contribution < 1.29 is 18.7 Å². The third-order valence-corrected chi connectivity index (χ3v) is 6.06. The van der Waals surface area contributed by atoms with Crippen LogP contribution in [0.4, 0.5) is 6.01 Å². The predicted octanol–water partition coefficient (Wildman–Crippen LogP) is 0.801. The summed E-state index contributed by atoms with van der Waals surface area (Å²) in [4.78, 5) is 14.5. The SMILES string of the molecule is Cc1nnc(N2CC3(CCCC(CNC(=O)C45CC(CO4)C5)O3)C2)o1. The molecule has 5 heterocycles. The van der Waals surface area contributed by atoms with Gasteiger partial charge in [0.05, 0.1) is 25.8 Å². The summed E-state index contributed by atoms with van der Waals surface area (Å²) in [5.41, 5.74) is -0.667. The highest BCUT2D eigenvalue weighted by Gasteiger charge is 2.57. The Labute approximate surface area is 146 Å². The van der Waals surface area contributed by atoms with Gasteiger partial charge in [0.1, 0.15) is 11.2 Å². The molecule has 1 aromatic heterocycles. The van der Waals surface area contributed by atoms with Gasteiger partial charge in [-0.05, 0) is 38.0 Å². The number of amides is 1. The van der Waals surface area contributed by atoms with Crippen LogP contribution in [0.25, 0.3) is 0 Å². The molecular weight excluding hydrogens is 324 g/mol. The van der Waals surface area contributed by atoms with Gasteiger partial charge in [-0.1, -0.05) is 5.10 Å². The fourth-order valence-corrected chi connectivity index (χ4v) is 4.70. The molecule has 8 nitrogen and oxygen atoms in total. The first-order chi connectivity index (χ1) is 12.1. The first kappa shape index (κ1) is 15.6. The smallest absolute Gasteiger partial charge is 0.318 e. The number of rotatable bonds is 4. The fraction of sp³-hybridized carbons (Fsp3) is 0.824. The Morgan fingerprint density at radius 3 is 2.88 bits per heavy atom. The Morgan fingerprint density at radius 1 is 1.36 bits per heavy atom. The van der Waals surface area contributed by atoms with Crippen molar-refractivity contribution in [2.45, 2.75) is 56.3 Å². The van der Waals surface area contributed by atoms with Crippen molar-refractivity contribution in [3.05, 3.63) is 5.89 Å². The minimum atomic E-state index is -0.528. The minimum Gasteiger partial charge on any atom is -0.408 e. The molecule has 1 amide bonds. The zero-order chi connectivity index (χ0) is 17.1. The van der Waals surface area contributed by atoms with E-state index in [1.165, 1.54) is 0 Å². The molecule has 5 fully saturated rings. The van der Waals surface area contributed by atoms with Gasteiger partial charge in [0.15, 0.2) is 0 Å². The summed E-state index contributed by atoms with van der Waals surface area (Å²) in [6.45, 7) is 4.64. The summed E-state index contributed by atoms with van der Waals surface area (Å²) in [6.07, 6.45) is 4.96. The lowest BCUT2D eigenvalue weighted by atomic mass is 9.74. The van der Waals surface area contributed by atoms with Crippen molar-refractivity contribution in [2.24, 2.45) is 5.92 Å². The van der Waals surface area contributed by atoms with Crippen LogP contribution in [-0.2, 0) is 14.3 Å². The number of anilines is 1. The van der Waals surface area contributed by atoms with E-state index < -0.39 is 5.60 Å². The summed E-state index contributed by atoms with van der Waals surface area (Å²) in [5.74, 6) is 1.21. The van der Waals surface area contributed by atoms with Gasteiger partial charge in [-0.2, -0.15) is 0 Å². The summed E-state index contributed by atoms with van der Waals surface area (Å²) in [5, 5.41) is 11.0. The third kappa shape index (κ3) is 2.54. The molecule has 1 aliphatic carbocycles. The third-order valence-electron chi connectivity index (χ3n) is 6.06. The standard InChI is InChI=1S/C17H24N4O4/c1-11-19-20-15(24-11)21-9-16(10-21)4-2-3-13(25-16)7-18-14(22)17-5-12(6-17)8-23-17/h12-13H,2-10H2,1H3,(H,18,22). The van der Waals surface area contributed by atoms with Crippen LogP contribution in [0, 0.1) is 12.8 Å². The second kappa shape index (κ2) is 5.41.